The first-order valence-electron chi connectivity index (χ1n) is 8.86. The number of benzene rings is 2. The normalized spacial score (nSPS) is 11.4. The van der Waals surface area contributed by atoms with Crippen molar-refractivity contribution in [2.75, 3.05) is 5.32 Å². The summed E-state index contributed by atoms with van der Waals surface area (Å²) in [5.41, 5.74) is 2.99. The Labute approximate surface area is 174 Å². The maximum absolute atomic E-state index is 6.08. The number of fused-ring (bicyclic) bond motifs is 1. The third-order valence-corrected chi connectivity index (χ3v) is 4.49. The fraction of sp³-hybridized carbons (Fsp3) is 0. The number of halogens is 1. The summed E-state index contributed by atoms with van der Waals surface area (Å²) in [6.07, 6.45) is 3.16. The smallest absolute Gasteiger partial charge is 0.204 e. The van der Waals surface area contributed by atoms with E-state index in [1.165, 1.54) is 6.33 Å². The zero-order valence-electron chi connectivity index (χ0n) is 15.3. The van der Waals surface area contributed by atoms with Gasteiger partial charge >= 0.3 is 0 Å². The third kappa shape index (κ3) is 3.59. The monoisotopic (exact) mass is 416 g/mol. The lowest BCUT2D eigenvalue weighted by atomic mass is 10.1. The number of aromatic amines is 2. The van der Waals surface area contributed by atoms with Gasteiger partial charge < -0.3 is 5.32 Å². The van der Waals surface area contributed by atoms with Crippen molar-refractivity contribution in [2.45, 2.75) is 0 Å². The van der Waals surface area contributed by atoms with E-state index in [0.717, 1.165) is 16.8 Å². The van der Waals surface area contributed by atoms with Crippen LogP contribution in [0.4, 0.5) is 17.3 Å². The summed E-state index contributed by atoms with van der Waals surface area (Å²) in [7, 11) is 0. The van der Waals surface area contributed by atoms with Crippen LogP contribution in [-0.2, 0) is 0 Å². The van der Waals surface area contributed by atoms with E-state index in [1.807, 2.05) is 42.5 Å². The van der Waals surface area contributed by atoms with Crippen LogP contribution in [0.5, 0.6) is 0 Å². The van der Waals surface area contributed by atoms with Gasteiger partial charge in [-0.1, -0.05) is 35.9 Å². The fourth-order valence-electron chi connectivity index (χ4n) is 2.91. The van der Waals surface area contributed by atoms with Crippen molar-refractivity contribution < 1.29 is 0 Å². The number of rotatable bonds is 5. The highest BCUT2D eigenvalue weighted by Gasteiger charge is 2.12. The minimum absolute atomic E-state index is 0.502. The van der Waals surface area contributed by atoms with E-state index in [4.69, 9.17) is 11.6 Å². The molecule has 0 atom stereocenters. The van der Waals surface area contributed by atoms with Crippen LogP contribution in [0, 0.1) is 0 Å². The minimum atomic E-state index is 0.502. The highest BCUT2D eigenvalue weighted by molar-refractivity contribution is 6.30. The standard InChI is InChI=1S/C19H13ClN10/c20-13-5-2-6-14(8-13)24-17-15-18(25-26-19(15)23-10-22-17)21-9-11-3-1-4-12(7-11)16-27-29-30-28-16/h1-10H,(H,27,28,29,30)(H2,22,23,24,25,26)/b21-9+. The predicted octanol–water partition coefficient (Wildman–Crippen LogP) is 3.68. The van der Waals surface area contributed by atoms with E-state index in [0.29, 0.717) is 33.5 Å². The van der Waals surface area contributed by atoms with Gasteiger partial charge in [0.25, 0.3) is 0 Å². The number of nitrogens with one attached hydrogen (secondary N) is 3. The van der Waals surface area contributed by atoms with Crippen molar-refractivity contribution in [3.63, 3.8) is 0 Å². The fourth-order valence-corrected chi connectivity index (χ4v) is 3.10. The molecule has 2 aromatic carbocycles. The first kappa shape index (κ1) is 17.9. The molecule has 0 fully saturated rings. The van der Waals surface area contributed by atoms with Gasteiger partial charge in [-0.3, -0.25) is 5.10 Å². The van der Waals surface area contributed by atoms with Gasteiger partial charge in [-0.2, -0.15) is 10.3 Å². The molecule has 0 saturated heterocycles. The molecule has 0 radical (unpaired) electrons. The lowest BCUT2D eigenvalue weighted by Gasteiger charge is -2.06. The van der Waals surface area contributed by atoms with Crippen LogP contribution >= 0.6 is 11.6 Å². The summed E-state index contributed by atoms with van der Waals surface area (Å²) in [5.74, 6) is 1.61. The molecule has 0 spiro atoms. The van der Waals surface area contributed by atoms with Crippen LogP contribution in [0.25, 0.3) is 22.4 Å². The molecule has 146 valence electrons. The second-order valence-corrected chi connectivity index (χ2v) is 6.68. The summed E-state index contributed by atoms with van der Waals surface area (Å²) in [4.78, 5) is 13.1. The van der Waals surface area contributed by atoms with E-state index in [1.54, 1.807) is 12.3 Å². The number of hydrogen-bond acceptors (Lipinski definition) is 8. The average Bonchev–Trinajstić information content (AvgIpc) is 3.43. The van der Waals surface area contributed by atoms with Crippen LogP contribution < -0.4 is 5.32 Å². The highest BCUT2D eigenvalue weighted by atomic mass is 35.5. The number of hydrogen-bond donors (Lipinski definition) is 3. The molecule has 0 bridgehead atoms. The summed E-state index contributed by atoms with van der Waals surface area (Å²) in [6.45, 7) is 0. The largest absolute Gasteiger partial charge is 0.339 e. The summed E-state index contributed by atoms with van der Waals surface area (Å²) >= 11 is 6.08. The molecule has 3 aromatic heterocycles. The predicted molar refractivity (Wildman–Crippen MR) is 113 cm³/mol. The maximum Gasteiger partial charge on any atom is 0.204 e. The van der Waals surface area contributed by atoms with Gasteiger partial charge in [-0.15, -0.1) is 10.2 Å². The van der Waals surface area contributed by atoms with E-state index >= 15 is 0 Å². The molecular formula is C19H13ClN10. The molecule has 5 aromatic rings. The van der Waals surface area contributed by atoms with Crippen molar-refractivity contribution in [1.82, 2.24) is 40.8 Å². The van der Waals surface area contributed by atoms with E-state index in [9.17, 15) is 0 Å². The molecule has 0 saturated carbocycles. The van der Waals surface area contributed by atoms with Gasteiger partial charge in [-0.25, -0.2) is 15.0 Å². The Morgan fingerprint density at radius 1 is 1.03 bits per heavy atom. The number of aliphatic imine (C=N–C) groups is 1. The molecule has 11 heteroatoms. The Kier molecular flexibility index (Phi) is 4.58. The summed E-state index contributed by atoms with van der Waals surface area (Å²) in [5, 5.41) is 25.7. The summed E-state index contributed by atoms with van der Waals surface area (Å²) in [6, 6.07) is 15.0. The van der Waals surface area contributed by atoms with E-state index in [-0.39, 0.29) is 0 Å². The minimum Gasteiger partial charge on any atom is -0.339 e. The van der Waals surface area contributed by atoms with Crippen molar-refractivity contribution in [3.8, 4) is 11.4 Å². The molecule has 3 heterocycles. The van der Waals surface area contributed by atoms with Crippen molar-refractivity contribution in [2.24, 2.45) is 4.99 Å². The van der Waals surface area contributed by atoms with Crippen molar-refractivity contribution >= 4 is 46.2 Å². The van der Waals surface area contributed by atoms with Crippen molar-refractivity contribution in [3.05, 3.63) is 65.4 Å². The lowest BCUT2D eigenvalue weighted by molar-refractivity contribution is 0.881. The molecule has 0 aliphatic rings. The Hall–Kier alpha value is -4.18. The van der Waals surface area contributed by atoms with Crippen LogP contribution in [0.3, 0.4) is 0 Å². The Bertz CT molecular complexity index is 1340. The number of tetrazole rings is 1. The third-order valence-electron chi connectivity index (χ3n) is 4.25. The average molecular weight is 417 g/mol. The van der Waals surface area contributed by atoms with Gasteiger partial charge in [0.2, 0.25) is 5.82 Å². The van der Waals surface area contributed by atoms with Gasteiger partial charge in [0.05, 0.1) is 0 Å². The van der Waals surface area contributed by atoms with Crippen LogP contribution in [0.15, 0.2) is 59.9 Å². The number of anilines is 2. The van der Waals surface area contributed by atoms with Gasteiger partial charge in [-0.05, 0) is 35.0 Å². The second-order valence-electron chi connectivity index (χ2n) is 6.25. The molecule has 0 aliphatic heterocycles. The Morgan fingerprint density at radius 2 is 1.97 bits per heavy atom. The van der Waals surface area contributed by atoms with Gasteiger partial charge in [0.15, 0.2) is 11.5 Å². The Morgan fingerprint density at radius 3 is 2.83 bits per heavy atom. The number of H-pyrrole nitrogens is 2. The first-order chi connectivity index (χ1) is 14.8. The van der Waals surface area contributed by atoms with Gasteiger partial charge in [0, 0.05) is 22.5 Å². The number of nitrogens with zero attached hydrogens (tertiary/aromatic N) is 7. The quantitative estimate of drug-likeness (QED) is 0.372. The molecule has 0 aliphatic carbocycles. The zero-order valence-corrected chi connectivity index (χ0v) is 16.0. The molecular weight excluding hydrogens is 404 g/mol. The second kappa shape index (κ2) is 7.68. The van der Waals surface area contributed by atoms with Gasteiger partial charge in [0.1, 0.15) is 17.5 Å². The Balaban J connectivity index is 1.49. The molecule has 0 unspecified atom stereocenters. The lowest BCUT2D eigenvalue weighted by Crippen LogP contribution is -1.95. The summed E-state index contributed by atoms with van der Waals surface area (Å²) < 4.78 is 0. The molecule has 5 rings (SSSR count). The maximum atomic E-state index is 6.08. The first-order valence-corrected chi connectivity index (χ1v) is 9.24. The molecule has 3 N–H and O–H groups in total. The van der Waals surface area contributed by atoms with Crippen LogP contribution in [0.1, 0.15) is 5.56 Å². The molecule has 30 heavy (non-hydrogen) atoms. The van der Waals surface area contributed by atoms with Crippen LogP contribution in [-0.4, -0.2) is 47.0 Å². The zero-order chi connectivity index (χ0) is 20.3. The molecule has 0 amide bonds. The topological polar surface area (TPSA) is 133 Å². The van der Waals surface area contributed by atoms with E-state index < -0.39 is 0 Å². The molecule has 10 nitrogen and oxygen atoms in total. The number of aromatic nitrogens is 8. The highest BCUT2D eigenvalue weighted by Crippen LogP contribution is 2.30. The van der Waals surface area contributed by atoms with Crippen molar-refractivity contribution in [1.29, 1.82) is 0 Å². The SMILES string of the molecule is Clc1cccc(Nc2ncnc3n[nH]c(/N=C/c4cccc(-c5nn[nH]n5)c4)c23)c1. The van der Waals surface area contributed by atoms with E-state index in [2.05, 4.69) is 51.1 Å². The van der Waals surface area contributed by atoms with Crippen LogP contribution in [0.2, 0.25) is 5.02 Å².